The summed E-state index contributed by atoms with van der Waals surface area (Å²) < 4.78 is 6.32. The van der Waals surface area contributed by atoms with E-state index in [4.69, 9.17) is 0 Å². The number of amides is 3. The van der Waals surface area contributed by atoms with Gasteiger partial charge in [0.1, 0.15) is 6.54 Å². The molecule has 0 unspecified atom stereocenters. The van der Waals surface area contributed by atoms with E-state index >= 15 is 0 Å². The standard InChI is InChI=1S/C28H26N4O6/c1-15(33)25(28(37)38-3)30-22(34)14-32-13-19(17-9-5-7-11-21(17)32)24-23(26(35)31(2)27(24)36)18-12-29-20-10-6-4-8-16(18)20/h4-13,15,25,29,33H,14H2,1-3H3,(H,30,34)/t15-,25-/m1/s1. The molecule has 3 amide bonds. The molecule has 38 heavy (non-hydrogen) atoms. The third-order valence-corrected chi connectivity index (χ3v) is 6.77. The predicted octanol–water partition coefficient (Wildman–Crippen LogP) is 2.07. The number of rotatable bonds is 7. The number of esters is 1. The van der Waals surface area contributed by atoms with Gasteiger partial charge in [0.15, 0.2) is 6.04 Å². The molecule has 194 valence electrons. The van der Waals surface area contributed by atoms with Crippen molar-refractivity contribution in [2.24, 2.45) is 0 Å². The average Bonchev–Trinajstić information content (AvgIpc) is 3.56. The van der Waals surface area contributed by atoms with E-state index in [1.807, 2.05) is 36.4 Å². The van der Waals surface area contributed by atoms with Crippen LogP contribution in [0.15, 0.2) is 60.9 Å². The first-order valence-corrected chi connectivity index (χ1v) is 12.0. The van der Waals surface area contributed by atoms with E-state index < -0.39 is 35.8 Å². The van der Waals surface area contributed by atoms with E-state index in [0.717, 1.165) is 15.8 Å². The van der Waals surface area contributed by atoms with Gasteiger partial charge in [0.05, 0.1) is 24.4 Å². The van der Waals surface area contributed by atoms with Gasteiger partial charge in [-0.15, -0.1) is 0 Å². The van der Waals surface area contributed by atoms with Gasteiger partial charge in [0, 0.05) is 52.4 Å². The van der Waals surface area contributed by atoms with Crippen LogP contribution >= 0.6 is 0 Å². The number of nitrogens with one attached hydrogen (secondary N) is 2. The summed E-state index contributed by atoms with van der Waals surface area (Å²) in [6.45, 7) is 1.18. The Bertz CT molecular complexity index is 1640. The second-order valence-electron chi connectivity index (χ2n) is 9.16. The molecule has 2 atom stereocenters. The first-order chi connectivity index (χ1) is 18.2. The lowest BCUT2D eigenvalue weighted by Crippen LogP contribution is -2.49. The molecule has 10 nitrogen and oxygen atoms in total. The largest absolute Gasteiger partial charge is 0.467 e. The highest BCUT2D eigenvalue weighted by Gasteiger charge is 2.39. The van der Waals surface area contributed by atoms with Gasteiger partial charge in [-0.1, -0.05) is 36.4 Å². The van der Waals surface area contributed by atoms with Crippen molar-refractivity contribution in [1.82, 2.24) is 19.8 Å². The molecule has 0 aliphatic carbocycles. The lowest BCUT2D eigenvalue weighted by atomic mass is 9.95. The van der Waals surface area contributed by atoms with Gasteiger partial charge >= 0.3 is 5.97 Å². The number of carbonyl (C=O) groups is 4. The zero-order chi connectivity index (χ0) is 27.1. The summed E-state index contributed by atoms with van der Waals surface area (Å²) in [6, 6.07) is 13.5. The Hall–Kier alpha value is -4.70. The number of nitrogens with zero attached hydrogens (tertiary/aromatic N) is 2. The van der Waals surface area contributed by atoms with E-state index in [1.165, 1.54) is 21.1 Å². The van der Waals surface area contributed by atoms with E-state index in [9.17, 15) is 24.3 Å². The van der Waals surface area contributed by atoms with Crippen molar-refractivity contribution in [2.45, 2.75) is 25.6 Å². The van der Waals surface area contributed by atoms with E-state index in [2.05, 4.69) is 15.0 Å². The Morgan fingerprint density at radius 2 is 1.63 bits per heavy atom. The summed E-state index contributed by atoms with van der Waals surface area (Å²) in [5.74, 6) is -2.16. The highest BCUT2D eigenvalue weighted by Crippen LogP contribution is 2.40. The molecule has 4 aromatic rings. The van der Waals surface area contributed by atoms with E-state index in [1.54, 1.807) is 29.1 Å². The Balaban J connectivity index is 1.62. The third kappa shape index (κ3) is 4.04. The van der Waals surface area contributed by atoms with Crippen LogP contribution in [0.25, 0.3) is 33.0 Å². The Morgan fingerprint density at radius 3 is 2.32 bits per heavy atom. The fraction of sp³-hybridized carbons (Fsp3) is 0.214. The fourth-order valence-electron chi connectivity index (χ4n) is 4.87. The molecule has 0 saturated heterocycles. The quantitative estimate of drug-likeness (QED) is 0.255. The molecule has 0 fully saturated rings. The van der Waals surface area contributed by atoms with Gasteiger partial charge in [-0.2, -0.15) is 0 Å². The average molecular weight is 515 g/mol. The zero-order valence-electron chi connectivity index (χ0n) is 21.0. The van der Waals surface area contributed by atoms with Gasteiger partial charge < -0.3 is 24.7 Å². The van der Waals surface area contributed by atoms with Gasteiger partial charge in [0.2, 0.25) is 5.91 Å². The normalized spacial score (nSPS) is 15.4. The second kappa shape index (κ2) is 9.64. The minimum absolute atomic E-state index is 0.200. The third-order valence-electron chi connectivity index (χ3n) is 6.77. The van der Waals surface area contributed by atoms with Gasteiger partial charge in [-0.25, -0.2) is 4.79 Å². The molecule has 1 aliphatic heterocycles. The van der Waals surface area contributed by atoms with Crippen molar-refractivity contribution in [3.63, 3.8) is 0 Å². The number of hydrogen-bond donors (Lipinski definition) is 3. The monoisotopic (exact) mass is 514 g/mol. The lowest BCUT2D eigenvalue weighted by Gasteiger charge is -2.19. The Morgan fingerprint density at radius 1 is 1.00 bits per heavy atom. The van der Waals surface area contributed by atoms with Crippen LogP contribution in [0.1, 0.15) is 18.1 Å². The number of likely N-dealkylation sites (N-methyl/N-ethyl adjacent to an activating group) is 1. The number of benzene rings is 2. The molecule has 0 radical (unpaired) electrons. The van der Waals surface area contributed by atoms with Crippen molar-refractivity contribution in [2.75, 3.05) is 14.2 Å². The molecule has 0 spiro atoms. The van der Waals surface area contributed by atoms with Crippen LogP contribution in [0.4, 0.5) is 0 Å². The summed E-state index contributed by atoms with van der Waals surface area (Å²) in [7, 11) is 2.62. The van der Waals surface area contributed by atoms with Gasteiger partial charge in [-0.3, -0.25) is 19.3 Å². The molecule has 0 saturated carbocycles. The summed E-state index contributed by atoms with van der Waals surface area (Å²) in [5.41, 5.74) is 3.14. The summed E-state index contributed by atoms with van der Waals surface area (Å²) >= 11 is 0. The van der Waals surface area contributed by atoms with Crippen LogP contribution in [-0.2, 0) is 30.5 Å². The van der Waals surface area contributed by atoms with Crippen molar-refractivity contribution in [3.05, 3.63) is 72.1 Å². The maximum absolute atomic E-state index is 13.4. The smallest absolute Gasteiger partial charge is 0.331 e. The van der Waals surface area contributed by atoms with Crippen molar-refractivity contribution in [1.29, 1.82) is 0 Å². The highest BCUT2D eigenvalue weighted by atomic mass is 16.5. The molecule has 0 bridgehead atoms. The number of carbonyl (C=O) groups excluding carboxylic acids is 4. The maximum atomic E-state index is 13.4. The summed E-state index contributed by atoms with van der Waals surface area (Å²) in [6.07, 6.45) is 2.22. The number of H-pyrrole nitrogens is 1. The van der Waals surface area contributed by atoms with E-state index in [0.29, 0.717) is 22.0 Å². The number of aromatic amines is 1. The van der Waals surface area contributed by atoms with Crippen LogP contribution in [0.2, 0.25) is 0 Å². The van der Waals surface area contributed by atoms with Crippen molar-refractivity contribution < 1.29 is 29.0 Å². The predicted molar refractivity (Wildman–Crippen MR) is 140 cm³/mol. The summed E-state index contributed by atoms with van der Waals surface area (Å²) in [5, 5.41) is 13.9. The molecule has 1 aliphatic rings. The highest BCUT2D eigenvalue weighted by molar-refractivity contribution is 6.50. The number of methoxy groups -OCH3 is 1. The number of imide groups is 1. The van der Waals surface area contributed by atoms with Crippen molar-refractivity contribution in [3.8, 4) is 0 Å². The molecular weight excluding hydrogens is 488 g/mol. The molecular formula is C28H26N4O6. The number of fused-ring (bicyclic) bond motifs is 2. The topological polar surface area (TPSA) is 134 Å². The molecule has 5 rings (SSSR count). The van der Waals surface area contributed by atoms with Gasteiger partial charge in [-0.05, 0) is 19.1 Å². The SMILES string of the molecule is COC(=O)[C@H](NC(=O)Cn1cc(C2=C(c3c[nH]c4ccccc34)C(=O)N(C)C2=O)c2ccccc21)[C@@H](C)O. The first kappa shape index (κ1) is 25.0. The fourth-order valence-corrected chi connectivity index (χ4v) is 4.87. The number of aliphatic hydroxyl groups is 1. The van der Waals surface area contributed by atoms with Gasteiger partial charge in [0.25, 0.3) is 11.8 Å². The lowest BCUT2D eigenvalue weighted by molar-refractivity contribution is -0.148. The first-order valence-electron chi connectivity index (χ1n) is 12.0. The number of aliphatic hydroxyl groups excluding tert-OH is 1. The Kier molecular flexibility index (Phi) is 6.33. The van der Waals surface area contributed by atoms with Crippen LogP contribution in [0.5, 0.6) is 0 Å². The van der Waals surface area contributed by atoms with Crippen LogP contribution < -0.4 is 5.32 Å². The molecule has 10 heteroatoms. The van der Waals surface area contributed by atoms with Crippen molar-refractivity contribution >= 4 is 56.6 Å². The minimum atomic E-state index is -1.23. The zero-order valence-corrected chi connectivity index (χ0v) is 21.0. The van der Waals surface area contributed by atoms with Crippen LogP contribution in [0, 0.1) is 0 Å². The number of para-hydroxylation sites is 2. The number of aromatic nitrogens is 2. The minimum Gasteiger partial charge on any atom is -0.467 e. The summed E-state index contributed by atoms with van der Waals surface area (Å²) in [4.78, 5) is 55.9. The number of ether oxygens (including phenoxy) is 1. The van der Waals surface area contributed by atoms with Crippen LogP contribution in [-0.4, -0.2) is 69.6 Å². The maximum Gasteiger partial charge on any atom is 0.331 e. The molecule has 3 N–H and O–H groups in total. The van der Waals surface area contributed by atoms with Crippen LogP contribution in [0.3, 0.4) is 0 Å². The molecule has 3 heterocycles. The number of hydrogen-bond acceptors (Lipinski definition) is 6. The molecule has 2 aromatic carbocycles. The Labute approximate surface area is 217 Å². The second-order valence-corrected chi connectivity index (χ2v) is 9.16. The molecule has 2 aromatic heterocycles. The van der Waals surface area contributed by atoms with E-state index in [-0.39, 0.29) is 17.7 Å².